The molecule has 0 radical (unpaired) electrons. The van der Waals surface area contributed by atoms with Crippen LogP contribution >= 0.6 is 0 Å². The van der Waals surface area contributed by atoms with Gasteiger partial charge in [0.15, 0.2) is 0 Å². The third kappa shape index (κ3) is 4.54. The summed E-state index contributed by atoms with van der Waals surface area (Å²) in [6, 6.07) is 22.9. The standard InChI is InChI=1S/C27H24N2O5/c1-17-23(26(32)34-2)24(21-14-12-20(13-15-21)19-6-4-3-5-7-19)28-27(33)29(17)16-18-8-10-22(11-9-18)25(30)31/h3-15,24H,16H2,1-2H3,(H,28,33)(H,30,31). The predicted molar refractivity (Wildman–Crippen MR) is 127 cm³/mol. The molecule has 7 nitrogen and oxygen atoms in total. The number of esters is 1. The van der Waals surface area contributed by atoms with E-state index in [-0.39, 0.29) is 18.1 Å². The van der Waals surface area contributed by atoms with Crippen LogP contribution in [0.3, 0.4) is 0 Å². The van der Waals surface area contributed by atoms with E-state index < -0.39 is 18.0 Å². The minimum absolute atomic E-state index is 0.161. The molecule has 2 amide bonds. The van der Waals surface area contributed by atoms with Crippen LogP contribution < -0.4 is 5.32 Å². The summed E-state index contributed by atoms with van der Waals surface area (Å²) in [7, 11) is 1.31. The number of carbonyl (C=O) groups is 3. The second-order valence-corrected chi connectivity index (χ2v) is 7.95. The van der Waals surface area contributed by atoms with E-state index in [1.54, 1.807) is 19.1 Å². The molecule has 1 unspecified atom stereocenters. The van der Waals surface area contributed by atoms with Gasteiger partial charge in [0.05, 0.1) is 30.8 Å². The largest absolute Gasteiger partial charge is 0.478 e. The average Bonchev–Trinajstić information content (AvgIpc) is 2.86. The van der Waals surface area contributed by atoms with Crippen molar-refractivity contribution in [3.8, 4) is 11.1 Å². The zero-order valence-electron chi connectivity index (χ0n) is 18.8. The van der Waals surface area contributed by atoms with Gasteiger partial charge in [-0.2, -0.15) is 0 Å². The van der Waals surface area contributed by atoms with Crippen LogP contribution in [0, 0.1) is 0 Å². The molecule has 0 fully saturated rings. The van der Waals surface area contributed by atoms with Crippen LogP contribution in [0.15, 0.2) is 90.1 Å². The lowest BCUT2D eigenvalue weighted by molar-refractivity contribution is -0.136. The van der Waals surface area contributed by atoms with Crippen molar-refractivity contribution in [3.63, 3.8) is 0 Å². The molecule has 7 heteroatoms. The molecule has 0 spiro atoms. The molecule has 2 N–H and O–H groups in total. The van der Waals surface area contributed by atoms with Crippen LogP contribution in [0.4, 0.5) is 4.79 Å². The number of benzene rings is 3. The van der Waals surface area contributed by atoms with Crippen molar-refractivity contribution in [1.29, 1.82) is 0 Å². The Morgan fingerprint density at radius 1 is 0.941 bits per heavy atom. The quantitative estimate of drug-likeness (QED) is 0.521. The predicted octanol–water partition coefficient (Wildman–Crippen LogP) is 4.77. The molecule has 3 aromatic carbocycles. The molecule has 0 saturated carbocycles. The van der Waals surface area contributed by atoms with Crippen molar-refractivity contribution >= 4 is 18.0 Å². The highest BCUT2D eigenvalue weighted by atomic mass is 16.5. The summed E-state index contributed by atoms with van der Waals surface area (Å²) in [5, 5.41) is 12.0. The lowest BCUT2D eigenvalue weighted by Crippen LogP contribution is -2.47. The molecule has 4 rings (SSSR count). The van der Waals surface area contributed by atoms with Crippen molar-refractivity contribution in [3.05, 3.63) is 107 Å². The fourth-order valence-corrected chi connectivity index (χ4v) is 4.03. The summed E-state index contributed by atoms with van der Waals surface area (Å²) >= 11 is 0. The van der Waals surface area contributed by atoms with Crippen molar-refractivity contribution in [2.75, 3.05) is 7.11 Å². The number of carbonyl (C=O) groups excluding carboxylic acids is 2. The van der Waals surface area contributed by atoms with Crippen LogP contribution in [-0.2, 0) is 16.1 Å². The summed E-state index contributed by atoms with van der Waals surface area (Å²) in [5.41, 5.74) is 4.58. The minimum atomic E-state index is -1.02. The van der Waals surface area contributed by atoms with E-state index in [9.17, 15) is 14.4 Å². The van der Waals surface area contributed by atoms with Gasteiger partial charge < -0.3 is 15.2 Å². The fourth-order valence-electron chi connectivity index (χ4n) is 4.03. The summed E-state index contributed by atoms with van der Waals surface area (Å²) < 4.78 is 5.04. The Kier molecular flexibility index (Phi) is 6.45. The summed E-state index contributed by atoms with van der Waals surface area (Å²) in [4.78, 5) is 38.3. The van der Waals surface area contributed by atoms with Gasteiger partial charge in [-0.1, -0.05) is 66.7 Å². The number of aromatic carboxylic acids is 1. The van der Waals surface area contributed by atoms with E-state index in [0.29, 0.717) is 11.3 Å². The van der Waals surface area contributed by atoms with E-state index in [1.165, 1.54) is 24.1 Å². The van der Waals surface area contributed by atoms with E-state index >= 15 is 0 Å². The Hall–Kier alpha value is -4.39. The normalized spacial score (nSPS) is 15.6. The molecule has 1 heterocycles. The van der Waals surface area contributed by atoms with Crippen LogP contribution in [0.25, 0.3) is 11.1 Å². The smallest absolute Gasteiger partial charge is 0.337 e. The van der Waals surface area contributed by atoms with E-state index in [4.69, 9.17) is 9.84 Å². The first-order valence-electron chi connectivity index (χ1n) is 10.7. The highest BCUT2D eigenvalue weighted by Gasteiger charge is 2.36. The first-order chi connectivity index (χ1) is 16.4. The summed E-state index contributed by atoms with van der Waals surface area (Å²) in [5.74, 6) is -1.55. The lowest BCUT2D eigenvalue weighted by Gasteiger charge is -2.35. The van der Waals surface area contributed by atoms with Gasteiger partial charge in [-0.05, 0) is 41.3 Å². The maximum Gasteiger partial charge on any atom is 0.337 e. The Balaban J connectivity index is 1.65. The highest BCUT2D eigenvalue weighted by molar-refractivity contribution is 5.95. The number of carboxylic acids is 1. The minimum Gasteiger partial charge on any atom is -0.478 e. The maximum atomic E-state index is 13.0. The Morgan fingerprint density at radius 3 is 2.15 bits per heavy atom. The molecule has 0 aromatic heterocycles. The van der Waals surface area contributed by atoms with Gasteiger partial charge in [0, 0.05) is 5.70 Å². The number of allylic oxidation sites excluding steroid dienone is 1. The summed E-state index contributed by atoms with van der Waals surface area (Å²) in [6.45, 7) is 1.89. The second-order valence-electron chi connectivity index (χ2n) is 7.95. The van der Waals surface area contributed by atoms with Crippen LogP contribution in [0.5, 0.6) is 0 Å². The van der Waals surface area contributed by atoms with Crippen molar-refractivity contribution in [2.24, 2.45) is 0 Å². The van der Waals surface area contributed by atoms with Crippen LogP contribution in [0.1, 0.15) is 34.5 Å². The van der Waals surface area contributed by atoms with Gasteiger partial charge in [-0.3, -0.25) is 4.90 Å². The van der Waals surface area contributed by atoms with E-state index in [2.05, 4.69) is 5.32 Å². The highest BCUT2D eigenvalue weighted by Crippen LogP contribution is 2.33. The molecular weight excluding hydrogens is 432 g/mol. The Bertz CT molecular complexity index is 1250. The number of amides is 2. The van der Waals surface area contributed by atoms with Gasteiger partial charge >= 0.3 is 18.0 Å². The van der Waals surface area contributed by atoms with Gasteiger partial charge in [0.25, 0.3) is 0 Å². The third-order valence-electron chi connectivity index (χ3n) is 5.89. The number of ether oxygens (including phenoxy) is 1. The monoisotopic (exact) mass is 456 g/mol. The van der Waals surface area contributed by atoms with Crippen molar-refractivity contribution < 1.29 is 24.2 Å². The molecule has 1 aliphatic heterocycles. The SMILES string of the molecule is COC(=O)C1=C(C)N(Cc2ccc(C(=O)O)cc2)C(=O)NC1c1ccc(-c2ccccc2)cc1. The second kappa shape index (κ2) is 9.62. The Morgan fingerprint density at radius 2 is 1.56 bits per heavy atom. The summed E-state index contributed by atoms with van der Waals surface area (Å²) in [6.07, 6.45) is 0. The number of hydrogen-bond donors (Lipinski definition) is 2. The molecule has 172 valence electrons. The molecule has 1 aliphatic rings. The lowest BCUT2D eigenvalue weighted by atomic mass is 9.93. The van der Waals surface area contributed by atoms with Gasteiger partial charge in [0.1, 0.15) is 0 Å². The zero-order valence-corrected chi connectivity index (χ0v) is 18.8. The van der Waals surface area contributed by atoms with E-state index in [0.717, 1.165) is 22.3 Å². The number of urea groups is 1. The van der Waals surface area contributed by atoms with Crippen LogP contribution in [-0.4, -0.2) is 35.1 Å². The number of methoxy groups -OCH3 is 1. The number of rotatable bonds is 6. The molecular formula is C27H24N2O5. The molecule has 34 heavy (non-hydrogen) atoms. The van der Waals surface area contributed by atoms with Crippen molar-refractivity contribution in [2.45, 2.75) is 19.5 Å². The van der Waals surface area contributed by atoms with Crippen LogP contribution in [0.2, 0.25) is 0 Å². The first kappa shape index (κ1) is 22.8. The van der Waals surface area contributed by atoms with Gasteiger partial charge in [0.2, 0.25) is 0 Å². The topological polar surface area (TPSA) is 95.9 Å². The molecule has 0 saturated heterocycles. The number of nitrogens with zero attached hydrogens (tertiary/aromatic N) is 1. The third-order valence-corrected chi connectivity index (χ3v) is 5.89. The van der Waals surface area contributed by atoms with Crippen molar-refractivity contribution in [1.82, 2.24) is 10.2 Å². The average molecular weight is 456 g/mol. The fraction of sp³-hybridized carbons (Fsp3) is 0.148. The van der Waals surface area contributed by atoms with Gasteiger partial charge in [-0.15, -0.1) is 0 Å². The molecule has 3 aromatic rings. The maximum absolute atomic E-state index is 13.0. The molecule has 1 atom stereocenters. The molecule has 0 aliphatic carbocycles. The number of hydrogen-bond acceptors (Lipinski definition) is 4. The number of carboxylic acid groups (broad SMARTS) is 1. The van der Waals surface area contributed by atoms with E-state index in [1.807, 2.05) is 54.6 Å². The number of nitrogens with one attached hydrogen (secondary N) is 1. The Labute approximate surface area is 197 Å². The molecule has 0 bridgehead atoms. The first-order valence-corrected chi connectivity index (χ1v) is 10.7. The van der Waals surface area contributed by atoms with Gasteiger partial charge in [-0.25, -0.2) is 14.4 Å². The zero-order chi connectivity index (χ0) is 24.2.